The Kier molecular flexibility index (Phi) is 17.2. The van der Waals surface area contributed by atoms with Crippen molar-refractivity contribution in [3.05, 3.63) is 66.0 Å². The fourth-order valence-corrected chi connectivity index (χ4v) is 13.4. The minimum atomic E-state index is -1.02. The molecule has 19 heteroatoms. The van der Waals surface area contributed by atoms with Crippen LogP contribution in [0, 0.1) is 11.3 Å². The Balaban J connectivity index is 0.952. The number of likely N-dealkylation sites (N-methyl/N-ethyl adjacent to an activating group) is 1. The van der Waals surface area contributed by atoms with E-state index >= 15 is 0 Å². The Bertz CT molecular complexity index is 2840. The summed E-state index contributed by atoms with van der Waals surface area (Å²) in [6.07, 6.45) is 11.4. The lowest BCUT2D eigenvalue weighted by Crippen LogP contribution is -2.64. The molecule has 1 aliphatic carbocycles. The highest BCUT2D eigenvalue weighted by molar-refractivity contribution is 5.96. The second-order valence-electron chi connectivity index (χ2n) is 24.7. The van der Waals surface area contributed by atoms with Crippen molar-refractivity contribution in [1.29, 1.82) is 0 Å². The number of carbonyl (C=O) groups excluding carboxylic acids is 5. The number of anilines is 1. The van der Waals surface area contributed by atoms with Gasteiger partial charge in [-0.05, 0) is 112 Å². The van der Waals surface area contributed by atoms with E-state index in [9.17, 15) is 24.0 Å². The Morgan fingerprint density at radius 1 is 0.988 bits per heavy atom. The van der Waals surface area contributed by atoms with Crippen LogP contribution in [0.3, 0.4) is 0 Å². The summed E-state index contributed by atoms with van der Waals surface area (Å²) < 4.78 is 21.0. The van der Waals surface area contributed by atoms with Gasteiger partial charge in [-0.1, -0.05) is 46.4 Å². The first-order chi connectivity index (χ1) is 38.4. The molecule has 8 heterocycles. The summed E-state index contributed by atoms with van der Waals surface area (Å²) in [5, 5.41) is 5.77. The van der Waals surface area contributed by atoms with Crippen molar-refractivity contribution >= 4 is 51.9 Å². The number of pyridine rings is 1. The molecule has 434 valence electrons. The van der Waals surface area contributed by atoms with Crippen molar-refractivity contribution in [2.24, 2.45) is 11.3 Å². The number of urea groups is 1. The van der Waals surface area contributed by atoms with Gasteiger partial charge < -0.3 is 43.7 Å². The number of esters is 1. The summed E-state index contributed by atoms with van der Waals surface area (Å²) in [5.41, 5.74) is 10.8. The number of hydrazine groups is 1. The molecule has 7 aliphatic rings. The molecule has 1 spiro atoms. The highest BCUT2D eigenvalue weighted by Crippen LogP contribution is 2.43. The number of nitrogens with one attached hydrogen (secondary N) is 2. The number of rotatable bonds is 11. The number of hydrogen-bond donors (Lipinski definition) is 2. The first kappa shape index (κ1) is 57.4. The molecule has 10 rings (SSSR count). The standard InChI is InChI=1S/C61H87N11O8/c1-10-52(73)70-30-31-80-61(38-70)20-24-69(25-21-61)59(77)65(8)54(40(3)4)56(74)63-50-37-66-22-12-14-43(36-66)42-16-19-51-46(32-42)48(34-60(6,7)39-79-58(76)49-15-13-23-72(64-49)57(50)75)55(71(51)11-2)47-33-45(35-62-53(47)41(5)78-9)68-28-26-67(27-29-68)44-17-18-44/h10,14,16,19,32-33,35,40-41,44,49-50,54,64H,1,11-13,15,17-18,20-31,34,36-39H2,2-9H3,(H,63,74)/t41-,49-,50-,54-/m0/s1. The molecule has 1 unspecified atom stereocenters. The average Bonchev–Trinajstić information content (AvgIpc) is 4.28. The minimum Gasteiger partial charge on any atom is -0.464 e. The third kappa shape index (κ3) is 12.0. The number of aryl methyl sites for hydroxylation is 1. The molecule has 3 aromatic rings. The van der Waals surface area contributed by atoms with Gasteiger partial charge in [0.25, 0.3) is 5.91 Å². The zero-order valence-corrected chi connectivity index (χ0v) is 48.8. The predicted molar refractivity (Wildman–Crippen MR) is 308 cm³/mol. The number of carbonyl (C=O) groups is 5. The van der Waals surface area contributed by atoms with E-state index in [-0.39, 0.29) is 43.0 Å². The average molecular weight is 1100 g/mol. The number of benzene rings is 1. The molecule has 5 amide bonds. The number of fused-ring (bicyclic) bond motifs is 6. The van der Waals surface area contributed by atoms with Gasteiger partial charge in [-0.25, -0.2) is 10.2 Å². The number of hydrogen-bond acceptors (Lipinski definition) is 13. The monoisotopic (exact) mass is 1100 g/mol. The summed E-state index contributed by atoms with van der Waals surface area (Å²) in [6.45, 7) is 24.7. The van der Waals surface area contributed by atoms with Gasteiger partial charge in [0.05, 0.1) is 54.7 Å². The molecule has 4 saturated heterocycles. The van der Waals surface area contributed by atoms with E-state index in [2.05, 4.69) is 94.6 Å². The highest BCUT2D eigenvalue weighted by atomic mass is 16.5. The quantitative estimate of drug-likeness (QED) is 0.173. The van der Waals surface area contributed by atoms with Gasteiger partial charge >= 0.3 is 12.0 Å². The van der Waals surface area contributed by atoms with Crippen molar-refractivity contribution in [3.8, 4) is 11.3 Å². The van der Waals surface area contributed by atoms with E-state index in [0.717, 1.165) is 88.9 Å². The van der Waals surface area contributed by atoms with E-state index in [1.54, 1.807) is 24.0 Å². The topological polar surface area (TPSA) is 178 Å². The molecular weight excluding hydrogens is 1010 g/mol. The van der Waals surface area contributed by atoms with Crippen molar-refractivity contribution < 1.29 is 38.2 Å². The van der Waals surface area contributed by atoms with Gasteiger partial charge in [0.1, 0.15) is 18.1 Å². The molecular formula is C61H87N11O8. The molecule has 1 saturated carbocycles. The highest BCUT2D eigenvalue weighted by Gasteiger charge is 2.44. The number of piperidine rings is 1. The molecule has 1 aromatic carbocycles. The van der Waals surface area contributed by atoms with Crippen LogP contribution in [0.25, 0.3) is 27.7 Å². The first-order valence-corrected chi connectivity index (χ1v) is 29.6. The molecule has 5 atom stereocenters. The van der Waals surface area contributed by atoms with Crippen molar-refractivity contribution in [1.82, 2.24) is 49.8 Å². The van der Waals surface area contributed by atoms with Crippen LogP contribution in [-0.4, -0.2) is 204 Å². The number of methoxy groups -OCH3 is 1. The number of morpholine rings is 1. The van der Waals surface area contributed by atoms with Crippen LogP contribution in [0.5, 0.6) is 0 Å². The van der Waals surface area contributed by atoms with E-state index in [1.807, 2.05) is 20.0 Å². The molecule has 80 heavy (non-hydrogen) atoms. The van der Waals surface area contributed by atoms with Crippen LogP contribution in [0.4, 0.5) is 10.5 Å². The minimum absolute atomic E-state index is 0.132. The number of likely N-dealkylation sites (tertiary alicyclic amines) is 1. The van der Waals surface area contributed by atoms with Crippen LogP contribution in [0.2, 0.25) is 0 Å². The summed E-state index contributed by atoms with van der Waals surface area (Å²) in [6, 6.07) is 6.85. The van der Waals surface area contributed by atoms with Gasteiger partial charge in [0, 0.05) is 121 Å². The zero-order valence-electron chi connectivity index (χ0n) is 48.8. The van der Waals surface area contributed by atoms with Crippen LogP contribution in [0.1, 0.15) is 109 Å². The summed E-state index contributed by atoms with van der Waals surface area (Å²) >= 11 is 0. The number of cyclic esters (lactones) is 1. The lowest BCUT2D eigenvalue weighted by molar-refractivity contribution is -0.156. The third-order valence-corrected chi connectivity index (χ3v) is 18.1. The molecule has 6 aliphatic heterocycles. The van der Waals surface area contributed by atoms with Gasteiger partial charge in [-0.3, -0.25) is 39.0 Å². The lowest BCUT2D eigenvalue weighted by atomic mass is 9.84. The van der Waals surface area contributed by atoms with E-state index in [4.69, 9.17) is 19.2 Å². The number of piperazine rings is 1. The maximum Gasteiger partial charge on any atom is 0.324 e. The van der Waals surface area contributed by atoms with Crippen molar-refractivity contribution in [2.45, 2.75) is 135 Å². The van der Waals surface area contributed by atoms with Gasteiger partial charge in [-0.15, -0.1) is 0 Å². The van der Waals surface area contributed by atoms with E-state index in [0.29, 0.717) is 91.1 Å². The van der Waals surface area contributed by atoms with Crippen LogP contribution in [-0.2, 0) is 46.4 Å². The van der Waals surface area contributed by atoms with Gasteiger partial charge in [-0.2, -0.15) is 0 Å². The zero-order chi connectivity index (χ0) is 56.6. The number of amides is 5. The third-order valence-electron chi connectivity index (χ3n) is 18.1. The Labute approximate surface area is 472 Å². The van der Waals surface area contributed by atoms with Gasteiger partial charge in [0.15, 0.2) is 0 Å². The smallest absolute Gasteiger partial charge is 0.324 e. The van der Waals surface area contributed by atoms with E-state index < -0.39 is 41.0 Å². The number of aromatic nitrogens is 2. The largest absolute Gasteiger partial charge is 0.464 e. The Morgan fingerprint density at radius 3 is 2.45 bits per heavy atom. The first-order valence-electron chi connectivity index (χ1n) is 29.6. The molecule has 2 aromatic heterocycles. The molecule has 19 nitrogen and oxygen atoms in total. The maximum atomic E-state index is 15.0. The SMILES string of the molecule is C=CC(=O)N1CCOC2(CCN(C(=O)N(C)[C@H](C(=O)N[C@H]3CN4CCC=C(C4)c4ccc5c(c4)c(c(-c4cc(N6CCN(C7CC7)CC6)cnc4[C@H](C)OC)n5CC)CC(C)(C)COC(=O)[C@@H]4CCCN(N4)C3=O)C(C)C)CC2)C1. The summed E-state index contributed by atoms with van der Waals surface area (Å²) in [5.74, 6) is -1.66. The second-order valence-corrected chi connectivity index (χ2v) is 24.7. The number of ether oxygens (including phenoxy) is 3. The van der Waals surface area contributed by atoms with Gasteiger partial charge in [0.2, 0.25) is 11.8 Å². The predicted octanol–water partition coefficient (Wildman–Crippen LogP) is 5.87. The Morgan fingerprint density at radius 2 is 1.75 bits per heavy atom. The number of nitrogens with zero attached hydrogens (tertiary/aromatic N) is 9. The maximum absolute atomic E-state index is 15.0. The Hall–Kier alpha value is -5.86. The fourth-order valence-electron chi connectivity index (χ4n) is 13.4. The molecule has 0 radical (unpaired) electrons. The van der Waals surface area contributed by atoms with E-state index in [1.165, 1.54) is 28.8 Å². The molecule has 2 N–H and O–H groups in total. The fraction of sp³-hybridized carbons (Fsp3) is 0.639. The summed E-state index contributed by atoms with van der Waals surface area (Å²) in [4.78, 5) is 88.5. The molecule has 6 bridgehead atoms. The van der Waals surface area contributed by atoms with Crippen molar-refractivity contribution in [3.63, 3.8) is 0 Å². The normalized spacial score (nSPS) is 24.7. The van der Waals surface area contributed by atoms with Crippen LogP contribution in [0.15, 0.2) is 49.2 Å². The van der Waals surface area contributed by atoms with Crippen molar-refractivity contribution in [2.75, 3.05) is 111 Å². The van der Waals surface area contributed by atoms with Crippen LogP contribution >= 0.6 is 0 Å². The molecule has 5 fully saturated rings. The summed E-state index contributed by atoms with van der Waals surface area (Å²) in [7, 11) is 3.39. The second kappa shape index (κ2) is 23.9. The lowest BCUT2D eigenvalue weighted by Gasteiger charge is -2.47. The van der Waals surface area contributed by atoms with Crippen LogP contribution < -0.4 is 15.6 Å².